The summed E-state index contributed by atoms with van der Waals surface area (Å²) >= 11 is 6.08. The number of rotatable bonds is 7. The van der Waals surface area contributed by atoms with Crippen LogP contribution in [0.25, 0.3) is 0 Å². The molecule has 0 aliphatic carbocycles. The second-order valence-electron chi connectivity index (χ2n) is 4.29. The first-order valence-corrected chi connectivity index (χ1v) is 6.47. The van der Waals surface area contributed by atoms with Gasteiger partial charge in [0.1, 0.15) is 6.61 Å². The van der Waals surface area contributed by atoms with E-state index in [1.165, 1.54) is 14.2 Å². The molecule has 0 aromatic heterocycles. The zero-order chi connectivity index (χ0) is 16.0. The van der Waals surface area contributed by atoms with Gasteiger partial charge in [-0.05, 0) is 18.1 Å². The van der Waals surface area contributed by atoms with E-state index in [0.29, 0.717) is 22.1 Å². The van der Waals surface area contributed by atoms with Gasteiger partial charge in [0.05, 0.1) is 14.2 Å². The highest BCUT2D eigenvalue weighted by Crippen LogP contribution is 2.36. The summed E-state index contributed by atoms with van der Waals surface area (Å²) in [6.45, 7) is -1.41. The van der Waals surface area contributed by atoms with Crippen molar-refractivity contribution in [1.29, 1.82) is 0 Å². The second-order valence-corrected chi connectivity index (χ2v) is 4.70. The van der Waals surface area contributed by atoms with Crippen LogP contribution in [0.2, 0.25) is 5.02 Å². The van der Waals surface area contributed by atoms with Crippen molar-refractivity contribution in [1.82, 2.24) is 0 Å². The minimum absolute atomic E-state index is 0.120. The van der Waals surface area contributed by atoms with Crippen molar-refractivity contribution in [3.8, 4) is 11.5 Å². The first-order valence-electron chi connectivity index (χ1n) is 6.10. The third-order valence-corrected chi connectivity index (χ3v) is 3.07. The maximum atomic E-state index is 11.9. The fourth-order valence-electron chi connectivity index (χ4n) is 1.71. The van der Waals surface area contributed by atoms with E-state index in [0.717, 1.165) is 0 Å². The van der Waals surface area contributed by atoms with Crippen LogP contribution in [0.1, 0.15) is 18.0 Å². The molecule has 0 amide bonds. The topological polar surface area (TPSA) is 53.7 Å². The van der Waals surface area contributed by atoms with Crippen LogP contribution in [0.15, 0.2) is 12.1 Å². The van der Waals surface area contributed by atoms with Crippen LogP contribution in [0, 0.1) is 0 Å². The molecule has 0 aliphatic rings. The fourth-order valence-corrected chi connectivity index (χ4v) is 2.00. The summed E-state index contributed by atoms with van der Waals surface area (Å²) < 4.78 is 50.6. The van der Waals surface area contributed by atoms with Crippen molar-refractivity contribution in [3.05, 3.63) is 22.7 Å². The third-order valence-electron chi connectivity index (χ3n) is 2.74. The number of nitrogens with two attached hydrogens (primary N) is 1. The Morgan fingerprint density at radius 2 is 1.76 bits per heavy atom. The van der Waals surface area contributed by atoms with Gasteiger partial charge < -0.3 is 19.9 Å². The Hall–Kier alpha value is -1.18. The Morgan fingerprint density at radius 1 is 1.19 bits per heavy atom. The van der Waals surface area contributed by atoms with Gasteiger partial charge in [0, 0.05) is 23.7 Å². The third kappa shape index (κ3) is 5.61. The molecular weight excluding hydrogens is 311 g/mol. The molecular formula is C13H17ClF3NO3. The largest absolute Gasteiger partial charge is 0.493 e. The summed E-state index contributed by atoms with van der Waals surface area (Å²) in [5.74, 6) is 0.898. The number of ether oxygens (including phenoxy) is 3. The molecule has 1 atom stereocenters. The van der Waals surface area contributed by atoms with Crippen LogP contribution < -0.4 is 15.2 Å². The minimum atomic E-state index is -4.34. The van der Waals surface area contributed by atoms with E-state index in [1.807, 2.05) is 0 Å². The van der Waals surface area contributed by atoms with Crippen molar-refractivity contribution >= 4 is 11.6 Å². The summed E-state index contributed by atoms with van der Waals surface area (Å²) in [5.41, 5.74) is 6.48. The zero-order valence-corrected chi connectivity index (χ0v) is 12.4. The maximum Gasteiger partial charge on any atom is 0.411 e. The summed E-state index contributed by atoms with van der Waals surface area (Å²) in [5, 5.41) is 0.357. The molecule has 4 nitrogen and oxygen atoms in total. The Morgan fingerprint density at radius 3 is 2.29 bits per heavy atom. The highest BCUT2D eigenvalue weighted by Gasteiger charge is 2.27. The van der Waals surface area contributed by atoms with Gasteiger partial charge in [0.25, 0.3) is 0 Å². The number of hydrogen-bond acceptors (Lipinski definition) is 4. The van der Waals surface area contributed by atoms with E-state index >= 15 is 0 Å². The highest BCUT2D eigenvalue weighted by molar-refractivity contribution is 6.31. The molecule has 0 saturated heterocycles. The van der Waals surface area contributed by atoms with Crippen molar-refractivity contribution in [2.24, 2.45) is 5.73 Å². The molecule has 0 heterocycles. The predicted octanol–water partition coefficient (Wildman–Crippen LogP) is 3.33. The van der Waals surface area contributed by atoms with E-state index in [2.05, 4.69) is 4.74 Å². The lowest BCUT2D eigenvalue weighted by molar-refractivity contribution is -0.174. The lowest BCUT2D eigenvalue weighted by Gasteiger charge is -2.17. The molecule has 1 rings (SSSR count). The molecule has 0 spiro atoms. The Kier molecular flexibility index (Phi) is 6.57. The molecule has 0 radical (unpaired) electrons. The van der Waals surface area contributed by atoms with Crippen molar-refractivity contribution in [3.63, 3.8) is 0 Å². The standard InChI is InChI=1S/C13H17ClF3NO3/c1-19-11-5-8(9(14)6-12(11)20-2)10(18)3-4-21-7-13(15,16)17/h5-6,10H,3-4,7,18H2,1-2H3. The molecule has 2 N–H and O–H groups in total. The molecule has 120 valence electrons. The normalized spacial score (nSPS) is 13.1. The van der Waals surface area contributed by atoms with Crippen LogP contribution in [0.5, 0.6) is 11.5 Å². The molecule has 1 unspecified atom stereocenters. The summed E-state index contributed by atoms with van der Waals surface area (Å²) in [4.78, 5) is 0. The number of alkyl halides is 3. The van der Waals surface area contributed by atoms with E-state index < -0.39 is 18.8 Å². The minimum Gasteiger partial charge on any atom is -0.493 e. The van der Waals surface area contributed by atoms with E-state index in [9.17, 15) is 13.2 Å². The van der Waals surface area contributed by atoms with Crippen LogP contribution in [0.3, 0.4) is 0 Å². The van der Waals surface area contributed by atoms with Crippen LogP contribution in [0.4, 0.5) is 13.2 Å². The van der Waals surface area contributed by atoms with Crippen LogP contribution in [-0.2, 0) is 4.74 Å². The SMILES string of the molecule is COc1cc(Cl)c(C(N)CCOCC(F)(F)F)cc1OC. The fraction of sp³-hybridized carbons (Fsp3) is 0.538. The number of halogens is 4. The van der Waals surface area contributed by atoms with Crippen molar-refractivity contribution < 1.29 is 27.4 Å². The molecule has 1 aromatic carbocycles. The van der Waals surface area contributed by atoms with Gasteiger partial charge >= 0.3 is 6.18 Å². The zero-order valence-electron chi connectivity index (χ0n) is 11.7. The Bertz CT molecular complexity index is 469. The second kappa shape index (κ2) is 7.72. The Balaban J connectivity index is 2.67. The first-order chi connectivity index (χ1) is 9.78. The number of benzene rings is 1. The van der Waals surface area contributed by atoms with E-state index in [-0.39, 0.29) is 13.0 Å². The average Bonchev–Trinajstić information content (AvgIpc) is 2.41. The maximum absolute atomic E-state index is 11.9. The molecule has 0 bridgehead atoms. The molecule has 21 heavy (non-hydrogen) atoms. The lowest BCUT2D eigenvalue weighted by atomic mass is 10.0. The summed E-state index contributed by atoms with van der Waals surface area (Å²) in [6.07, 6.45) is -4.14. The molecule has 8 heteroatoms. The monoisotopic (exact) mass is 327 g/mol. The van der Waals surface area contributed by atoms with Gasteiger partial charge in [-0.15, -0.1) is 0 Å². The smallest absolute Gasteiger partial charge is 0.411 e. The highest BCUT2D eigenvalue weighted by atomic mass is 35.5. The van der Waals surface area contributed by atoms with Crippen LogP contribution in [-0.4, -0.2) is 33.6 Å². The molecule has 0 saturated carbocycles. The summed E-state index contributed by atoms with van der Waals surface area (Å²) in [6, 6.07) is 2.59. The van der Waals surface area contributed by atoms with E-state index in [4.69, 9.17) is 26.8 Å². The van der Waals surface area contributed by atoms with Gasteiger partial charge in [0.15, 0.2) is 11.5 Å². The van der Waals surface area contributed by atoms with Crippen LogP contribution >= 0.6 is 11.6 Å². The van der Waals surface area contributed by atoms with Crippen molar-refractivity contribution in [2.75, 3.05) is 27.4 Å². The average molecular weight is 328 g/mol. The van der Waals surface area contributed by atoms with Gasteiger partial charge in [-0.25, -0.2) is 0 Å². The first kappa shape index (κ1) is 17.9. The molecule has 0 fully saturated rings. The van der Waals surface area contributed by atoms with E-state index in [1.54, 1.807) is 12.1 Å². The predicted molar refractivity (Wildman–Crippen MR) is 73.0 cm³/mol. The molecule has 0 aliphatic heterocycles. The van der Waals surface area contributed by atoms with Gasteiger partial charge in [-0.3, -0.25) is 0 Å². The number of hydrogen-bond donors (Lipinski definition) is 1. The Labute approximate surface area is 125 Å². The lowest BCUT2D eigenvalue weighted by Crippen LogP contribution is -2.20. The van der Waals surface area contributed by atoms with Gasteiger partial charge in [-0.1, -0.05) is 11.6 Å². The van der Waals surface area contributed by atoms with Gasteiger partial charge in [0.2, 0.25) is 0 Å². The quantitative estimate of drug-likeness (QED) is 0.781. The van der Waals surface area contributed by atoms with Crippen molar-refractivity contribution in [2.45, 2.75) is 18.6 Å². The summed E-state index contributed by atoms with van der Waals surface area (Å²) in [7, 11) is 2.94. The van der Waals surface area contributed by atoms with Gasteiger partial charge in [-0.2, -0.15) is 13.2 Å². The number of methoxy groups -OCH3 is 2. The molecule has 1 aromatic rings.